The summed E-state index contributed by atoms with van der Waals surface area (Å²) in [5.74, 6) is 0. The van der Waals surface area contributed by atoms with E-state index in [9.17, 15) is 4.79 Å². The molecule has 0 atom stereocenters. The van der Waals surface area contributed by atoms with Crippen molar-refractivity contribution in [2.45, 2.75) is 12.1 Å². The van der Waals surface area contributed by atoms with Gasteiger partial charge in [-0.25, -0.2) is 9.97 Å². The van der Waals surface area contributed by atoms with Crippen molar-refractivity contribution < 1.29 is 0 Å². The number of nitrogens with zero attached hydrogens (tertiary/aromatic N) is 3. The van der Waals surface area contributed by atoms with Crippen LogP contribution in [-0.4, -0.2) is 20.8 Å². The molecule has 0 saturated carbocycles. The lowest BCUT2D eigenvalue weighted by Crippen LogP contribution is -2.19. The molecule has 0 aliphatic carbocycles. The van der Waals surface area contributed by atoms with E-state index in [1.54, 1.807) is 30.6 Å². The first-order valence-electron chi connectivity index (χ1n) is 6.39. The van der Waals surface area contributed by atoms with Crippen LogP contribution in [0.4, 0.5) is 0 Å². The van der Waals surface area contributed by atoms with Crippen LogP contribution in [0.3, 0.4) is 0 Å². The summed E-state index contributed by atoms with van der Waals surface area (Å²) in [5.41, 5.74) is 1.83. The van der Waals surface area contributed by atoms with Crippen LogP contribution < -0.4 is 5.56 Å². The van der Waals surface area contributed by atoms with Gasteiger partial charge in [-0.05, 0) is 36.9 Å². The van der Waals surface area contributed by atoms with Gasteiger partial charge in [-0.15, -0.1) is 0 Å². The Morgan fingerprint density at radius 1 is 1.27 bits per heavy atom. The number of halogens is 2. The van der Waals surface area contributed by atoms with Gasteiger partial charge >= 0.3 is 0 Å². The fourth-order valence-electron chi connectivity index (χ4n) is 2.21. The minimum absolute atomic E-state index is 0.225. The predicted octanol–water partition coefficient (Wildman–Crippen LogP) is 4.12. The van der Waals surface area contributed by atoms with Gasteiger partial charge in [-0.2, -0.15) is 0 Å². The molecule has 0 radical (unpaired) electrons. The molecule has 2 aromatic heterocycles. The average molecular weight is 352 g/mol. The number of hydrogen-bond donors (Lipinski definition) is 0. The second-order valence-electron chi connectivity index (χ2n) is 4.70. The molecular weight excluding hydrogens is 341 g/mol. The van der Waals surface area contributed by atoms with Crippen LogP contribution in [0, 0.1) is 6.92 Å². The molecule has 0 aliphatic heterocycles. The molecule has 2 heterocycles. The highest BCUT2D eigenvalue weighted by Gasteiger charge is 2.12. The second-order valence-corrected chi connectivity index (χ2v) is 6.32. The Labute approximate surface area is 141 Å². The number of fused-ring (bicyclic) bond motifs is 1. The lowest BCUT2D eigenvalue weighted by molar-refractivity contribution is 0.958. The summed E-state index contributed by atoms with van der Waals surface area (Å²) in [6.07, 6.45) is 5.17. The van der Waals surface area contributed by atoms with E-state index >= 15 is 0 Å². The number of hydrogen-bond acceptors (Lipinski definition) is 4. The Hall–Kier alpha value is -1.56. The van der Waals surface area contributed by atoms with E-state index < -0.39 is 0 Å². The number of rotatable bonds is 2. The maximum Gasteiger partial charge on any atom is 0.266 e. The molecule has 1 aromatic carbocycles. The van der Waals surface area contributed by atoms with Gasteiger partial charge in [0.15, 0.2) is 5.16 Å². The van der Waals surface area contributed by atoms with E-state index in [4.69, 9.17) is 23.2 Å². The van der Waals surface area contributed by atoms with E-state index in [2.05, 4.69) is 9.97 Å². The van der Waals surface area contributed by atoms with Gasteiger partial charge in [0, 0.05) is 17.4 Å². The fraction of sp³-hybridized carbons (Fsp3) is 0.133. The highest BCUT2D eigenvalue weighted by molar-refractivity contribution is 7.98. The predicted molar refractivity (Wildman–Crippen MR) is 91.7 cm³/mol. The zero-order valence-electron chi connectivity index (χ0n) is 11.8. The molecule has 0 fully saturated rings. The first kappa shape index (κ1) is 15.3. The van der Waals surface area contributed by atoms with Crippen molar-refractivity contribution in [3.63, 3.8) is 0 Å². The van der Waals surface area contributed by atoms with Crippen LogP contribution >= 0.6 is 35.0 Å². The Kier molecular flexibility index (Phi) is 4.12. The number of aromatic nitrogens is 3. The summed E-state index contributed by atoms with van der Waals surface area (Å²) in [5, 5.41) is 2.05. The molecule has 0 N–H and O–H groups in total. The second kappa shape index (κ2) is 5.91. The Bertz CT molecular complexity index is 940. The fourth-order valence-corrected chi connectivity index (χ4v) is 2.93. The molecule has 4 nitrogen and oxygen atoms in total. The standard InChI is InChI=1S/C15H11Cl2N3OS/c1-8-7-20(12-5-9(16)3-4-11(12)17)14(21)10-6-18-15(22-2)19-13(8)10/h3-7H,1-2H3. The van der Waals surface area contributed by atoms with Crippen LogP contribution in [0.25, 0.3) is 16.6 Å². The van der Waals surface area contributed by atoms with Gasteiger partial charge in [-0.3, -0.25) is 9.36 Å². The van der Waals surface area contributed by atoms with Gasteiger partial charge in [0.25, 0.3) is 5.56 Å². The van der Waals surface area contributed by atoms with Crippen LogP contribution in [0.5, 0.6) is 0 Å². The Morgan fingerprint density at radius 2 is 2.05 bits per heavy atom. The number of benzene rings is 1. The topological polar surface area (TPSA) is 47.8 Å². The molecule has 0 unspecified atom stereocenters. The summed E-state index contributed by atoms with van der Waals surface area (Å²) < 4.78 is 1.48. The maximum absolute atomic E-state index is 12.7. The lowest BCUT2D eigenvalue weighted by Gasteiger charge is -2.11. The van der Waals surface area contributed by atoms with Crippen LogP contribution in [0.15, 0.2) is 40.5 Å². The summed E-state index contributed by atoms with van der Waals surface area (Å²) >= 11 is 13.6. The number of pyridine rings is 1. The molecule has 3 rings (SSSR count). The molecule has 3 aromatic rings. The third-order valence-corrected chi connectivity index (χ3v) is 4.38. The summed E-state index contributed by atoms with van der Waals surface area (Å²) in [7, 11) is 0. The first-order valence-corrected chi connectivity index (χ1v) is 8.37. The summed E-state index contributed by atoms with van der Waals surface area (Å²) in [6, 6.07) is 5.01. The van der Waals surface area contributed by atoms with Crippen molar-refractivity contribution >= 4 is 45.9 Å². The molecule has 22 heavy (non-hydrogen) atoms. The van der Waals surface area contributed by atoms with Crippen molar-refractivity contribution in [2.75, 3.05) is 6.26 Å². The van der Waals surface area contributed by atoms with Crippen molar-refractivity contribution in [2.24, 2.45) is 0 Å². The molecular formula is C15H11Cl2N3OS. The van der Waals surface area contributed by atoms with Gasteiger partial charge in [-0.1, -0.05) is 35.0 Å². The Morgan fingerprint density at radius 3 is 2.77 bits per heavy atom. The van der Waals surface area contributed by atoms with Gasteiger partial charge in [0.05, 0.1) is 21.6 Å². The SMILES string of the molecule is CSc1ncc2c(=O)n(-c3cc(Cl)ccc3Cl)cc(C)c2n1. The third kappa shape index (κ3) is 2.60. The highest BCUT2D eigenvalue weighted by Crippen LogP contribution is 2.25. The van der Waals surface area contributed by atoms with E-state index in [1.807, 2.05) is 13.2 Å². The third-order valence-electron chi connectivity index (χ3n) is 3.26. The quantitative estimate of drug-likeness (QED) is 0.514. The normalized spacial score (nSPS) is 11.1. The maximum atomic E-state index is 12.7. The minimum atomic E-state index is -0.225. The minimum Gasteiger partial charge on any atom is -0.282 e. The number of thioether (sulfide) groups is 1. The monoisotopic (exact) mass is 351 g/mol. The molecule has 7 heteroatoms. The van der Waals surface area contributed by atoms with Crippen LogP contribution in [0.1, 0.15) is 5.56 Å². The van der Waals surface area contributed by atoms with Gasteiger partial charge < -0.3 is 0 Å². The number of aryl methyl sites for hydroxylation is 1. The van der Waals surface area contributed by atoms with E-state index in [0.717, 1.165) is 5.56 Å². The molecule has 112 valence electrons. The molecule has 0 aliphatic rings. The average Bonchev–Trinajstić information content (AvgIpc) is 2.53. The molecule has 0 bridgehead atoms. The van der Waals surface area contributed by atoms with E-state index in [1.165, 1.54) is 16.3 Å². The van der Waals surface area contributed by atoms with Crippen molar-refractivity contribution in [3.05, 3.63) is 56.6 Å². The zero-order valence-corrected chi connectivity index (χ0v) is 14.1. The smallest absolute Gasteiger partial charge is 0.266 e. The van der Waals surface area contributed by atoms with Crippen molar-refractivity contribution in [3.8, 4) is 5.69 Å². The molecule has 0 saturated heterocycles. The van der Waals surface area contributed by atoms with Gasteiger partial charge in [0.1, 0.15) is 0 Å². The van der Waals surface area contributed by atoms with E-state index in [-0.39, 0.29) is 5.56 Å². The van der Waals surface area contributed by atoms with Gasteiger partial charge in [0.2, 0.25) is 0 Å². The molecule has 0 amide bonds. The largest absolute Gasteiger partial charge is 0.282 e. The highest BCUT2D eigenvalue weighted by atomic mass is 35.5. The summed E-state index contributed by atoms with van der Waals surface area (Å²) in [4.78, 5) is 21.3. The zero-order chi connectivity index (χ0) is 15.9. The van der Waals surface area contributed by atoms with Crippen molar-refractivity contribution in [1.82, 2.24) is 14.5 Å². The van der Waals surface area contributed by atoms with E-state index in [0.29, 0.717) is 31.8 Å². The van der Waals surface area contributed by atoms with Crippen LogP contribution in [-0.2, 0) is 0 Å². The van der Waals surface area contributed by atoms with Crippen LogP contribution in [0.2, 0.25) is 10.0 Å². The van der Waals surface area contributed by atoms with Crippen molar-refractivity contribution in [1.29, 1.82) is 0 Å². The summed E-state index contributed by atoms with van der Waals surface area (Å²) in [6.45, 7) is 1.90. The molecule has 0 spiro atoms. The lowest BCUT2D eigenvalue weighted by atomic mass is 10.2. The first-order chi connectivity index (χ1) is 10.5. The Balaban J connectivity index is 2.35.